The van der Waals surface area contributed by atoms with Crippen LogP contribution in [0.5, 0.6) is 0 Å². The molecule has 1 atom stereocenters. The fraction of sp³-hybridized carbons (Fsp3) is 1.00. The van der Waals surface area contributed by atoms with Gasteiger partial charge in [0.25, 0.3) is 0 Å². The molecule has 0 aromatic carbocycles. The normalized spacial score (nSPS) is 22.5. The smallest absolute Gasteiger partial charge is 0.0710 e. The molecule has 1 saturated heterocycles. The highest BCUT2D eigenvalue weighted by Crippen LogP contribution is 2.04. The van der Waals surface area contributed by atoms with Crippen molar-refractivity contribution in [1.29, 1.82) is 0 Å². The van der Waals surface area contributed by atoms with E-state index in [9.17, 15) is 0 Å². The largest absolute Gasteiger partial charge is 0.380 e. The van der Waals surface area contributed by atoms with Gasteiger partial charge >= 0.3 is 0 Å². The van der Waals surface area contributed by atoms with E-state index < -0.39 is 0 Å². The molecule has 0 spiro atoms. The highest BCUT2D eigenvalue weighted by molar-refractivity contribution is 4.72. The lowest BCUT2D eigenvalue weighted by Crippen LogP contribution is -2.47. The van der Waals surface area contributed by atoms with Crippen molar-refractivity contribution in [2.45, 2.75) is 12.5 Å². The molecular weight excluding hydrogens is 178 g/mol. The minimum Gasteiger partial charge on any atom is -0.380 e. The van der Waals surface area contributed by atoms with Gasteiger partial charge in [0.15, 0.2) is 0 Å². The Morgan fingerprint density at radius 2 is 1.93 bits per heavy atom. The van der Waals surface area contributed by atoms with Crippen molar-refractivity contribution >= 4 is 0 Å². The van der Waals surface area contributed by atoms with E-state index in [1.54, 1.807) is 7.11 Å². The zero-order valence-corrected chi connectivity index (χ0v) is 9.41. The van der Waals surface area contributed by atoms with Gasteiger partial charge < -0.3 is 15.4 Å². The summed E-state index contributed by atoms with van der Waals surface area (Å²) in [6, 6.07) is 0. The van der Waals surface area contributed by atoms with Gasteiger partial charge in [0.05, 0.1) is 6.10 Å². The maximum absolute atomic E-state index is 5.53. The maximum Gasteiger partial charge on any atom is 0.0710 e. The lowest BCUT2D eigenvalue weighted by atomic mass is 10.2. The molecule has 4 nitrogen and oxygen atoms in total. The predicted molar refractivity (Wildman–Crippen MR) is 58.4 cm³/mol. The maximum atomic E-state index is 5.53. The second-order valence-electron chi connectivity index (χ2n) is 4.04. The summed E-state index contributed by atoms with van der Waals surface area (Å²) in [5.41, 5.74) is 5.53. The minimum atomic E-state index is 0.309. The van der Waals surface area contributed by atoms with Crippen LogP contribution in [-0.2, 0) is 4.74 Å². The summed E-state index contributed by atoms with van der Waals surface area (Å²) >= 11 is 0. The lowest BCUT2D eigenvalue weighted by Gasteiger charge is -2.34. The van der Waals surface area contributed by atoms with E-state index in [4.69, 9.17) is 10.5 Å². The molecule has 0 amide bonds. The Morgan fingerprint density at radius 3 is 2.43 bits per heavy atom. The number of methoxy groups -OCH3 is 1. The van der Waals surface area contributed by atoms with E-state index >= 15 is 0 Å². The number of hydrogen-bond acceptors (Lipinski definition) is 4. The Kier molecular flexibility index (Phi) is 5.40. The third kappa shape index (κ3) is 3.92. The molecule has 1 aliphatic rings. The molecule has 0 aromatic heterocycles. The molecule has 1 heterocycles. The number of hydrogen-bond donors (Lipinski definition) is 1. The highest BCUT2D eigenvalue weighted by Gasteiger charge is 2.17. The molecule has 14 heavy (non-hydrogen) atoms. The number of nitrogens with two attached hydrogens (primary N) is 1. The monoisotopic (exact) mass is 201 g/mol. The van der Waals surface area contributed by atoms with Gasteiger partial charge in [0, 0.05) is 39.8 Å². The third-order valence-electron chi connectivity index (χ3n) is 2.88. The first-order chi connectivity index (χ1) is 6.76. The van der Waals surface area contributed by atoms with Crippen molar-refractivity contribution in [3.63, 3.8) is 0 Å². The first kappa shape index (κ1) is 11.9. The predicted octanol–water partition coefficient (Wildman–Crippen LogP) is -0.402. The number of ether oxygens (including phenoxy) is 1. The van der Waals surface area contributed by atoms with Crippen molar-refractivity contribution < 1.29 is 4.74 Å². The Bertz CT molecular complexity index is 146. The molecule has 84 valence electrons. The summed E-state index contributed by atoms with van der Waals surface area (Å²) in [7, 11) is 3.95. The van der Waals surface area contributed by atoms with Crippen LogP contribution in [0, 0.1) is 0 Å². The van der Waals surface area contributed by atoms with Gasteiger partial charge in [-0.1, -0.05) is 0 Å². The number of likely N-dealkylation sites (N-methyl/N-ethyl adjacent to an activating group) is 1. The van der Waals surface area contributed by atoms with Gasteiger partial charge in [-0.25, -0.2) is 0 Å². The second-order valence-corrected chi connectivity index (χ2v) is 4.04. The number of rotatable bonds is 5. The fourth-order valence-corrected chi connectivity index (χ4v) is 1.79. The molecule has 1 fully saturated rings. The Morgan fingerprint density at radius 1 is 1.29 bits per heavy atom. The van der Waals surface area contributed by atoms with Gasteiger partial charge in [-0.05, 0) is 20.0 Å². The van der Waals surface area contributed by atoms with Crippen LogP contribution >= 0.6 is 0 Å². The average molecular weight is 201 g/mol. The SMILES string of the molecule is COC(CCN)CN1CCN(C)CC1. The van der Waals surface area contributed by atoms with E-state index in [2.05, 4.69) is 16.8 Å². The quantitative estimate of drug-likeness (QED) is 0.657. The van der Waals surface area contributed by atoms with Crippen LogP contribution in [-0.4, -0.2) is 69.3 Å². The average Bonchev–Trinajstić information content (AvgIpc) is 2.20. The van der Waals surface area contributed by atoms with Crippen molar-refractivity contribution in [1.82, 2.24) is 9.80 Å². The topological polar surface area (TPSA) is 41.7 Å². The van der Waals surface area contributed by atoms with E-state index in [0.29, 0.717) is 12.6 Å². The molecule has 0 saturated carbocycles. The molecule has 0 radical (unpaired) electrons. The molecule has 1 rings (SSSR count). The fourth-order valence-electron chi connectivity index (χ4n) is 1.79. The molecular formula is C10H23N3O. The van der Waals surface area contributed by atoms with Crippen LogP contribution < -0.4 is 5.73 Å². The summed E-state index contributed by atoms with van der Waals surface area (Å²) in [6.07, 6.45) is 1.27. The Balaban J connectivity index is 2.21. The number of nitrogens with zero attached hydrogens (tertiary/aromatic N) is 2. The molecule has 2 N–H and O–H groups in total. The van der Waals surface area contributed by atoms with E-state index in [1.807, 2.05) is 0 Å². The standard InChI is InChI=1S/C10H23N3O/c1-12-5-7-13(8-6-12)9-10(14-2)3-4-11/h10H,3-9,11H2,1-2H3. The van der Waals surface area contributed by atoms with E-state index in [1.165, 1.54) is 13.1 Å². The Hall–Kier alpha value is -0.160. The van der Waals surface area contributed by atoms with Gasteiger partial charge in [0.2, 0.25) is 0 Å². The van der Waals surface area contributed by atoms with Gasteiger partial charge in [-0.2, -0.15) is 0 Å². The van der Waals surface area contributed by atoms with Gasteiger partial charge in [-0.15, -0.1) is 0 Å². The molecule has 4 heteroatoms. The molecule has 0 aliphatic carbocycles. The van der Waals surface area contributed by atoms with Crippen molar-refractivity contribution in [2.24, 2.45) is 5.73 Å². The van der Waals surface area contributed by atoms with Crippen molar-refractivity contribution in [3.05, 3.63) is 0 Å². The summed E-state index contributed by atoms with van der Waals surface area (Å²) < 4.78 is 5.39. The zero-order valence-electron chi connectivity index (χ0n) is 9.41. The minimum absolute atomic E-state index is 0.309. The van der Waals surface area contributed by atoms with Crippen LogP contribution in [0.4, 0.5) is 0 Å². The summed E-state index contributed by atoms with van der Waals surface area (Å²) in [6.45, 7) is 6.38. The van der Waals surface area contributed by atoms with Crippen molar-refractivity contribution in [2.75, 3.05) is 53.4 Å². The van der Waals surface area contributed by atoms with E-state index in [-0.39, 0.29) is 0 Å². The Labute approximate surface area is 87.0 Å². The van der Waals surface area contributed by atoms with Gasteiger partial charge in [-0.3, -0.25) is 4.90 Å². The second kappa shape index (κ2) is 6.35. The van der Waals surface area contributed by atoms with Gasteiger partial charge in [0.1, 0.15) is 0 Å². The summed E-state index contributed by atoms with van der Waals surface area (Å²) in [5, 5.41) is 0. The molecule has 1 unspecified atom stereocenters. The summed E-state index contributed by atoms with van der Waals surface area (Å²) in [5.74, 6) is 0. The van der Waals surface area contributed by atoms with Crippen LogP contribution in [0.3, 0.4) is 0 Å². The van der Waals surface area contributed by atoms with Crippen LogP contribution in [0.1, 0.15) is 6.42 Å². The first-order valence-electron chi connectivity index (χ1n) is 5.40. The van der Waals surface area contributed by atoms with E-state index in [0.717, 1.165) is 26.1 Å². The first-order valence-corrected chi connectivity index (χ1v) is 5.40. The summed E-state index contributed by atoms with van der Waals surface area (Å²) in [4.78, 5) is 4.82. The zero-order chi connectivity index (χ0) is 10.4. The van der Waals surface area contributed by atoms with Crippen LogP contribution in [0.15, 0.2) is 0 Å². The van der Waals surface area contributed by atoms with Crippen LogP contribution in [0.25, 0.3) is 0 Å². The molecule has 1 aliphatic heterocycles. The lowest BCUT2D eigenvalue weighted by molar-refractivity contribution is 0.0434. The molecule has 0 bridgehead atoms. The number of piperazine rings is 1. The third-order valence-corrected chi connectivity index (χ3v) is 2.88. The van der Waals surface area contributed by atoms with Crippen molar-refractivity contribution in [3.8, 4) is 0 Å². The highest BCUT2D eigenvalue weighted by atomic mass is 16.5. The van der Waals surface area contributed by atoms with Crippen LogP contribution in [0.2, 0.25) is 0 Å². The molecule has 0 aromatic rings.